The van der Waals surface area contributed by atoms with Gasteiger partial charge in [-0.05, 0) is 24.4 Å². The van der Waals surface area contributed by atoms with E-state index < -0.39 is 0 Å². The van der Waals surface area contributed by atoms with Gasteiger partial charge in [0.2, 0.25) is 5.91 Å². The van der Waals surface area contributed by atoms with Gasteiger partial charge in [0.05, 0.1) is 4.88 Å². The Balaban J connectivity index is 0.00000180. The number of hydrogen-bond donors (Lipinski definition) is 1. The molecule has 0 aliphatic carbocycles. The molecule has 0 radical (unpaired) electrons. The molecule has 0 unspecified atom stereocenters. The van der Waals surface area contributed by atoms with Crippen LogP contribution in [-0.4, -0.2) is 42.8 Å². The Kier molecular flexibility index (Phi) is 7.05. The summed E-state index contributed by atoms with van der Waals surface area (Å²) in [6, 6.07) is 3.67. The van der Waals surface area contributed by atoms with E-state index in [1.54, 1.807) is 0 Å². The zero-order valence-corrected chi connectivity index (χ0v) is 12.4. The van der Waals surface area contributed by atoms with Crippen LogP contribution < -0.4 is 5.32 Å². The molecular weight excluding hydrogens is 284 g/mol. The van der Waals surface area contributed by atoms with Crippen LogP contribution in [-0.2, 0) is 4.79 Å². The quantitative estimate of drug-likeness (QED) is 0.865. The highest BCUT2D eigenvalue weighted by Gasteiger charge is 2.17. The van der Waals surface area contributed by atoms with Crippen molar-refractivity contribution < 1.29 is 9.59 Å². The lowest BCUT2D eigenvalue weighted by Gasteiger charge is -2.19. The summed E-state index contributed by atoms with van der Waals surface area (Å²) in [5.41, 5.74) is 0. The van der Waals surface area contributed by atoms with E-state index >= 15 is 0 Å². The molecule has 1 aliphatic heterocycles. The first kappa shape index (κ1) is 16.1. The van der Waals surface area contributed by atoms with Gasteiger partial charge in [-0.2, -0.15) is 0 Å². The fourth-order valence-electron chi connectivity index (χ4n) is 2.03. The molecular formula is C13H19ClN2O2S. The van der Waals surface area contributed by atoms with Gasteiger partial charge in [0.25, 0.3) is 0 Å². The minimum Gasteiger partial charge on any atom is -0.341 e. The number of thiophene rings is 1. The Morgan fingerprint density at radius 3 is 2.84 bits per heavy atom. The third-order valence-corrected chi connectivity index (χ3v) is 3.97. The molecule has 6 heteroatoms. The van der Waals surface area contributed by atoms with E-state index in [0.717, 1.165) is 37.5 Å². The zero-order chi connectivity index (χ0) is 12.8. The Morgan fingerprint density at radius 2 is 2.11 bits per heavy atom. The van der Waals surface area contributed by atoms with Gasteiger partial charge in [-0.3, -0.25) is 9.59 Å². The topological polar surface area (TPSA) is 49.4 Å². The summed E-state index contributed by atoms with van der Waals surface area (Å²) >= 11 is 1.44. The van der Waals surface area contributed by atoms with Crippen molar-refractivity contribution in [2.24, 2.45) is 0 Å². The van der Waals surface area contributed by atoms with Crippen LogP contribution in [0.1, 0.15) is 28.9 Å². The minimum absolute atomic E-state index is 0. The van der Waals surface area contributed by atoms with Gasteiger partial charge in [0.1, 0.15) is 0 Å². The van der Waals surface area contributed by atoms with Crippen molar-refractivity contribution in [1.82, 2.24) is 10.2 Å². The van der Waals surface area contributed by atoms with Crippen LogP contribution in [0.15, 0.2) is 17.5 Å². The normalized spacial score (nSPS) is 15.5. The van der Waals surface area contributed by atoms with Gasteiger partial charge in [0.15, 0.2) is 5.78 Å². The van der Waals surface area contributed by atoms with Crippen molar-refractivity contribution in [2.75, 3.05) is 26.2 Å². The molecule has 2 heterocycles. The van der Waals surface area contributed by atoms with Crippen molar-refractivity contribution in [3.63, 3.8) is 0 Å². The van der Waals surface area contributed by atoms with Gasteiger partial charge in [-0.25, -0.2) is 0 Å². The van der Waals surface area contributed by atoms with E-state index in [2.05, 4.69) is 5.32 Å². The van der Waals surface area contributed by atoms with Crippen LogP contribution in [0.3, 0.4) is 0 Å². The fourth-order valence-corrected chi connectivity index (χ4v) is 2.73. The second-order valence-corrected chi connectivity index (χ2v) is 5.33. The summed E-state index contributed by atoms with van der Waals surface area (Å²) in [4.78, 5) is 26.4. The number of nitrogens with zero attached hydrogens (tertiary/aromatic N) is 1. The smallest absolute Gasteiger partial charge is 0.223 e. The molecule has 0 spiro atoms. The second-order valence-electron chi connectivity index (χ2n) is 4.38. The lowest BCUT2D eigenvalue weighted by Crippen LogP contribution is -2.34. The molecule has 106 valence electrons. The van der Waals surface area contributed by atoms with Gasteiger partial charge >= 0.3 is 0 Å². The molecule has 1 fully saturated rings. The van der Waals surface area contributed by atoms with Gasteiger partial charge in [-0.15, -0.1) is 23.7 Å². The number of rotatable bonds is 4. The van der Waals surface area contributed by atoms with Crippen LogP contribution >= 0.6 is 23.7 Å². The third kappa shape index (κ3) is 4.93. The summed E-state index contributed by atoms with van der Waals surface area (Å²) in [5.74, 6) is 0.176. The molecule has 0 bridgehead atoms. The largest absolute Gasteiger partial charge is 0.341 e. The maximum absolute atomic E-state index is 12.0. The lowest BCUT2D eigenvalue weighted by molar-refractivity contribution is -0.130. The molecule has 1 aromatic heterocycles. The molecule has 2 rings (SSSR count). The van der Waals surface area contributed by atoms with Crippen molar-refractivity contribution in [1.29, 1.82) is 0 Å². The minimum atomic E-state index is 0. The fraction of sp³-hybridized carbons (Fsp3) is 0.538. The van der Waals surface area contributed by atoms with Gasteiger partial charge in [-0.1, -0.05) is 6.07 Å². The van der Waals surface area contributed by atoms with Crippen LogP contribution in [0.25, 0.3) is 0 Å². The number of hydrogen-bond acceptors (Lipinski definition) is 4. The average molecular weight is 303 g/mol. The SMILES string of the molecule is Cl.O=C(CCC(=O)N1CCCNCC1)c1cccs1. The monoisotopic (exact) mass is 302 g/mol. The Bertz CT molecular complexity index is 401. The van der Waals surface area contributed by atoms with Crippen molar-refractivity contribution >= 4 is 35.4 Å². The number of carbonyl (C=O) groups excluding carboxylic acids is 2. The zero-order valence-electron chi connectivity index (χ0n) is 10.8. The Hall–Kier alpha value is -0.910. The summed E-state index contributed by atoms with van der Waals surface area (Å²) in [7, 11) is 0. The number of Topliss-reactive ketones (excluding diaryl/α,β-unsaturated/α-hetero) is 1. The summed E-state index contributed by atoms with van der Waals surface area (Å²) < 4.78 is 0. The maximum Gasteiger partial charge on any atom is 0.223 e. The number of ketones is 1. The number of amides is 1. The number of halogens is 1. The van der Waals surface area contributed by atoms with E-state index in [-0.39, 0.29) is 24.1 Å². The third-order valence-electron chi connectivity index (χ3n) is 3.05. The molecule has 1 N–H and O–H groups in total. The highest BCUT2D eigenvalue weighted by molar-refractivity contribution is 7.12. The van der Waals surface area contributed by atoms with Crippen LogP contribution in [0.5, 0.6) is 0 Å². The number of carbonyl (C=O) groups is 2. The van der Waals surface area contributed by atoms with Gasteiger partial charge < -0.3 is 10.2 Å². The van der Waals surface area contributed by atoms with Crippen LogP contribution in [0, 0.1) is 0 Å². The molecule has 4 nitrogen and oxygen atoms in total. The lowest BCUT2D eigenvalue weighted by atomic mass is 10.2. The van der Waals surface area contributed by atoms with Crippen molar-refractivity contribution in [3.05, 3.63) is 22.4 Å². The summed E-state index contributed by atoms with van der Waals surface area (Å²) in [5, 5.41) is 5.14. The Labute approximate surface area is 123 Å². The summed E-state index contributed by atoms with van der Waals surface area (Å²) in [6.45, 7) is 3.38. The van der Waals surface area contributed by atoms with Crippen molar-refractivity contribution in [3.8, 4) is 0 Å². The molecule has 1 aliphatic rings. The standard InChI is InChI=1S/C13H18N2O2S.ClH/c16-11(12-3-1-10-18-12)4-5-13(17)15-8-2-6-14-7-9-15;/h1,3,10,14H,2,4-9H2;1H. The van der Waals surface area contributed by atoms with E-state index in [4.69, 9.17) is 0 Å². The highest BCUT2D eigenvalue weighted by Crippen LogP contribution is 2.13. The Morgan fingerprint density at radius 1 is 1.26 bits per heavy atom. The predicted molar refractivity (Wildman–Crippen MR) is 79.2 cm³/mol. The molecule has 0 saturated carbocycles. The van der Waals surface area contributed by atoms with E-state index in [9.17, 15) is 9.59 Å². The van der Waals surface area contributed by atoms with E-state index in [0.29, 0.717) is 12.8 Å². The molecule has 0 atom stereocenters. The second kappa shape index (κ2) is 8.30. The molecule has 1 amide bonds. The van der Waals surface area contributed by atoms with Crippen LogP contribution in [0.2, 0.25) is 0 Å². The molecule has 0 aromatic carbocycles. The van der Waals surface area contributed by atoms with Crippen molar-refractivity contribution in [2.45, 2.75) is 19.3 Å². The average Bonchev–Trinajstić information content (AvgIpc) is 2.78. The summed E-state index contributed by atoms with van der Waals surface area (Å²) in [6.07, 6.45) is 1.64. The van der Waals surface area contributed by atoms with E-state index in [1.165, 1.54) is 11.3 Å². The van der Waals surface area contributed by atoms with Crippen LogP contribution in [0.4, 0.5) is 0 Å². The molecule has 1 saturated heterocycles. The molecule has 1 aromatic rings. The van der Waals surface area contributed by atoms with E-state index in [1.807, 2.05) is 22.4 Å². The number of nitrogens with one attached hydrogen (secondary N) is 1. The highest BCUT2D eigenvalue weighted by atomic mass is 35.5. The van der Waals surface area contributed by atoms with Gasteiger partial charge in [0, 0.05) is 32.5 Å². The maximum atomic E-state index is 12.0. The first-order chi connectivity index (χ1) is 8.77. The molecule has 19 heavy (non-hydrogen) atoms. The first-order valence-electron chi connectivity index (χ1n) is 6.32. The first-order valence-corrected chi connectivity index (χ1v) is 7.20. The predicted octanol–water partition coefficient (Wildman–Crippen LogP) is 1.95.